The van der Waals surface area contributed by atoms with Crippen molar-refractivity contribution < 1.29 is 9.90 Å². The normalized spacial score (nSPS) is 10.3. The zero-order valence-corrected chi connectivity index (χ0v) is 11.6. The molecule has 2 N–H and O–H groups in total. The minimum atomic E-state index is -0.0208. The Bertz CT molecular complexity index is 576. The summed E-state index contributed by atoms with van der Waals surface area (Å²) in [6.45, 7) is 2.03. The zero-order chi connectivity index (χ0) is 14.4. The van der Waals surface area contributed by atoms with Gasteiger partial charge in [0.1, 0.15) is 0 Å². The number of rotatable bonds is 5. The van der Waals surface area contributed by atoms with Crippen molar-refractivity contribution in [3.05, 3.63) is 65.2 Å². The molecule has 0 radical (unpaired) electrons. The molecule has 0 aliphatic heterocycles. The Labute approximate surface area is 119 Å². The summed E-state index contributed by atoms with van der Waals surface area (Å²) in [5.41, 5.74) is 3.90. The number of hydrogen-bond acceptors (Lipinski definition) is 2. The highest BCUT2D eigenvalue weighted by Crippen LogP contribution is 2.12. The first-order valence-electron chi connectivity index (χ1n) is 6.72. The lowest BCUT2D eigenvalue weighted by Gasteiger charge is -2.07. The van der Waals surface area contributed by atoms with Gasteiger partial charge in [-0.15, -0.1) is 0 Å². The van der Waals surface area contributed by atoms with Gasteiger partial charge in [-0.25, -0.2) is 0 Å². The minimum Gasteiger partial charge on any atom is -0.392 e. The van der Waals surface area contributed by atoms with Gasteiger partial charge in [-0.05, 0) is 36.6 Å². The second-order valence-corrected chi connectivity index (χ2v) is 4.89. The monoisotopic (exact) mass is 269 g/mol. The molecule has 3 heteroatoms. The topological polar surface area (TPSA) is 49.3 Å². The molecule has 0 saturated carbocycles. The number of nitrogens with one attached hydrogen (secondary N) is 1. The molecule has 0 fully saturated rings. The van der Waals surface area contributed by atoms with Crippen LogP contribution in [0, 0.1) is 6.92 Å². The molecule has 2 aromatic carbocycles. The molecular weight excluding hydrogens is 250 g/mol. The number of carbonyl (C=O) groups excluding carboxylic acids is 1. The van der Waals surface area contributed by atoms with Crippen LogP contribution in [0.4, 0.5) is 5.69 Å². The molecule has 0 aliphatic carbocycles. The maximum atomic E-state index is 11.9. The van der Waals surface area contributed by atoms with E-state index in [2.05, 4.69) is 29.6 Å². The number of amides is 1. The Morgan fingerprint density at radius 3 is 2.55 bits per heavy atom. The first kappa shape index (κ1) is 14.3. The SMILES string of the molecule is Cc1ccc(CCC(=O)Nc2cccc(CO)c2)cc1. The van der Waals surface area contributed by atoms with Gasteiger partial charge in [-0.2, -0.15) is 0 Å². The van der Waals surface area contributed by atoms with Gasteiger partial charge in [-0.3, -0.25) is 4.79 Å². The third kappa shape index (κ3) is 4.21. The van der Waals surface area contributed by atoms with Crippen molar-refractivity contribution in [2.75, 3.05) is 5.32 Å². The molecule has 104 valence electrons. The van der Waals surface area contributed by atoms with Crippen LogP contribution in [0.2, 0.25) is 0 Å². The molecule has 0 aromatic heterocycles. The summed E-state index contributed by atoms with van der Waals surface area (Å²) >= 11 is 0. The van der Waals surface area contributed by atoms with Crippen LogP contribution in [0.1, 0.15) is 23.1 Å². The molecule has 1 amide bonds. The average molecular weight is 269 g/mol. The van der Waals surface area contributed by atoms with E-state index in [1.807, 2.05) is 25.1 Å². The summed E-state index contributed by atoms with van der Waals surface area (Å²) in [6.07, 6.45) is 1.18. The number of aryl methyl sites for hydroxylation is 2. The minimum absolute atomic E-state index is 0.0133. The van der Waals surface area contributed by atoms with Crippen molar-refractivity contribution in [2.45, 2.75) is 26.4 Å². The first-order chi connectivity index (χ1) is 9.67. The number of aliphatic hydroxyl groups excluding tert-OH is 1. The highest BCUT2D eigenvalue weighted by atomic mass is 16.3. The van der Waals surface area contributed by atoms with E-state index >= 15 is 0 Å². The Kier molecular flexibility index (Phi) is 4.91. The van der Waals surface area contributed by atoms with E-state index in [0.717, 1.165) is 23.2 Å². The molecule has 20 heavy (non-hydrogen) atoms. The molecule has 0 aliphatic rings. The molecule has 0 heterocycles. The van der Waals surface area contributed by atoms with Crippen molar-refractivity contribution in [1.82, 2.24) is 0 Å². The fourth-order valence-corrected chi connectivity index (χ4v) is 1.98. The van der Waals surface area contributed by atoms with Crippen LogP contribution in [-0.4, -0.2) is 11.0 Å². The highest BCUT2D eigenvalue weighted by Gasteiger charge is 2.03. The molecule has 2 rings (SSSR count). The lowest BCUT2D eigenvalue weighted by Crippen LogP contribution is -2.12. The fourth-order valence-electron chi connectivity index (χ4n) is 1.98. The Morgan fingerprint density at radius 2 is 1.85 bits per heavy atom. The van der Waals surface area contributed by atoms with Gasteiger partial charge in [0.2, 0.25) is 5.91 Å². The van der Waals surface area contributed by atoms with E-state index in [0.29, 0.717) is 6.42 Å². The Hall–Kier alpha value is -2.13. The van der Waals surface area contributed by atoms with Gasteiger partial charge in [0.25, 0.3) is 0 Å². The van der Waals surface area contributed by atoms with Crippen molar-refractivity contribution in [2.24, 2.45) is 0 Å². The van der Waals surface area contributed by atoms with Gasteiger partial charge in [-0.1, -0.05) is 42.0 Å². The standard InChI is InChI=1S/C17H19NO2/c1-13-5-7-14(8-6-13)9-10-17(20)18-16-4-2-3-15(11-16)12-19/h2-8,11,19H,9-10,12H2,1H3,(H,18,20). The van der Waals surface area contributed by atoms with E-state index in [1.54, 1.807) is 6.07 Å². The summed E-state index contributed by atoms with van der Waals surface area (Å²) in [5.74, 6) is -0.0133. The number of benzene rings is 2. The van der Waals surface area contributed by atoms with Crippen molar-refractivity contribution >= 4 is 11.6 Å². The number of anilines is 1. The van der Waals surface area contributed by atoms with E-state index in [4.69, 9.17) is 5.11 Å². The molecule has 0 spiro atoms. The van der Waals surface area contributed by atoms with Crippen LogP contribution in [-0.2, 0) is 17.8 Å². The summed E-state index contributed by atoms with van der Waals surface area (Å²) in [5, 5.41) is 11.9. The van der Waals surface area contributed by atoms with Crippen LogP contribution in [0.5, 0.6) is 0 Å². The van der Waals surface area contributed by atoms with Gasteiger partial charge < -0.3 is 10.4 Å². The number of carbonyl (C=O) groups is 1. The van der Waals surface area contributed by atoms with Crippen molar-refractivity contribution in [3.63, 3.8) is 0 Å². The van der Waals surface area contributed by atoms with Crippen LogP contribution < -0.4 is 5.32 Å². The van der Waals surface area contributed by atoms with E-state index in [9.17, 15) is 4.79 Å². The Morgan fingerprint density at radius 1 is 1.10 bits per heavy atom. The van der Waals surface area contributed by atoms with Gasteiger partial charge in [0, 0.05) is 12.1 Å². The van der Waals surface area contributed by atoms with Crippen LogP contribution in [0.25, 0.3) is 0 Å². The van der Waals surface area contributed by atoms with Gasteiger partial charge in [0.05, 0.1) is 6.61 Å². The van der Waals surface area contributed by atoms with Crippen LogP contribution in [0.3, 0.4) is 0 Å². The second-order valence-electron chi connectivity index (χ2n) is 4.89. The van der Waals surface area contributed by atoms with E-state index in [1.165, 1.54) is 5.56 Å². The molecule has 0 saturated heterocycles. The molecular formula is C17H19NO2. The lowest BCUT2D eigenvalue weighted by molar-refractivity contribution is -0.116. The predicted molar refractivity (Wildman–Crippen MR) is 80.5 cm³/mol. The van der Waals surface area contributed by atoms with Crippen LogP contribution in [0.15, 0.2) is 48.5 Å². The molecule has 0 atom stereocenters. The highest BCUT2D eigenvalue weighted by molar-refractivity contribution is 5.90. The maximum Gasteiger partial charge on any atom is 0.224 e. The summed E-state index contributed by atoms with van der Waals surface area (Å²) in [4.78, 5) is 11.9. The van der Waals surface area contributed by atoms with Gasteiger partial charge >= 0.3 is 0 Å². The van der Waals surface area contributed by atoms with Gasteiger partial charge in [0.15, 0.2) is 0 Å². The number of hydrogen-bond donors (Lipinski definition) is 2. The van der Waals surface area contributed by atoms with Crippen molar-refractivity contribution in [1.29, 1.82) is 0 Å². The zero-order valence-electron chi connectivity index (χ0n) is 11.6. The summed E-state index contributed by atoms with van der Waals surface area (Å²) in [6, 6.07) is 15.5. The third-order valence-corrected chi connectivity index (χ3v) is 3.15. The quantitative estimate of drug-likeness (QED) is 0.876. The van der Waals surface area contributed by atoms with E-state index in [-0.39, 0.29) is 12.5 Å². The van der Waals surface area contributed by atoms with E-state index < -0.39 is 0 Å². The lowest BCUT2D eigenvalue weighted by atomic mass is 10.1. The molecule has 0 bridgehead atoms. The van der Waals surface area contributed by atoms with Crippen LogP contribution >= 0.6 is 0 Å². The molecule has 3 nitrogen and oxygen atoms in total. The predicted octanol–water partition coefficient (Wildman–Crippen LogP) is 3.06. The largest absolute Gasteiger partial charge is 0.392 e. The second kappa shape index (κ2) is 6.87. The van der Waals surface area contributed by atoms with Crippen molar-refractivity contribution in [3.8, 4) is 0 Å². The fraction of sp³-hybridized carbons (Fsp3) is 0.235. The Balaban J connectivity index is 1.87. The number of aliphatic hydroxyl groups is 1. The third-order valence-electron chi connectivity index (χ3n) is 3.15. The summed E-state index contributed by atoms with van der Waals surface area (Å²) in [7, 11) is 0. The summed E-state index contributed by atoms with van der Waals surface area (Å²) < 4.78 is 0. The maximum absolute atomic E-state index is 11.9. The first-order valence-corrected chi connectivity index (χ1v) is 6.72. The average Bonchev–Trinajstić information content (AvgIpc) is 2.47. The molecule has 2 aromatic rings. The molecule has 0 unspecified atom stereocenters. The smallest absolute Gasteiger partial charge is 0.224 e.